The van der Waals surface area contributed by atoms with Gasteiger partial charge in [-0.15, -0.1) is 0 Å². The molecule has 0 bridgehead atoms. The monoisotopic (exact) mass is 280 g/mol. The molecule has 1 aromatic carbocycles. The van der Waals surface area contributed by atoms with E-state index >= 15 is 0 Å². The summed E-state index contributed by atoms with van der Waals surface area (Å²) in [5.74, 6) is 1.47. The second-order valence-corrected chi connectivity index (χ2v) is 4.74. The molecule has 0 fully saturated rings. The van der Waals surface area contributed by atoms with Crippen molar-refractivity contribution < 1.29 is 4.42 Å². The predicted octanol–water partition coefficient (Wildman–Crippen LogP) is 2.99. The molecule has 0 aliphatic heterocycles. The van der Waals surface area contributed by atoms with Crippen LogP contribution >= 0.6 is 15.9 Å². The third-order valence-corrected chi connectivity index (χ3v) is 2.70. The van der Waals surface area contributed by atoms with Crippen LogP contribution in [0.3, 0.4) is 0 Å². The van der Waals surface area contributed by atoms with Gasteiger partial charge in [0.05, 0.1) is 6.20 Å². The van der Waals surface area contributed by atoms with Gasteiger partial charge in [0.1, 0.15) is 5.76 Å². The van der Waals surface area contributed by atoms with Crippen molar-refractivity contribution in [3.05, 3.63) is 40.7 Å². The van der Waals surface area contributed by atoms with Crippen LogP contribution in [0.1, 0.15) is 12.7 Å². The smallest absolute Gasteiger partial charge is 0.226 e. The quantitative estimate of drug-likeness (QED) is 0.940. The maximum absolute atomic E-state index is 5.70. The molecule has 2 aromatic rings. The van der Waals surface area contributed by atoms with Crippen molar-refractivity contribution in [1.82, 2.24) is 4.98 Å². The number of oxazole rings is 1. The van der Waals surface area contributed by atoms with Crippen molar-refractivity contribution in [2.45, 2.75) is 19.4 Å². The molecule has 0 amide bonds. The van der Waals surface area contributed by atoms with Crippen LogP contribution in [0.4, 0.5) is 0 Å². The first-order valence-corrected chi connectivity index (χ1v) is 5.90. The molecule has 16 heavy (non-hydrogen) atoms. The molecule has 2 rings (SSSR count). The summed E-state index contributed by atoms with van der Waals surface area (Å²) in [6.45, 7) is 1.95. The lowest BCUT2D eigenvalue weighted by Gasteiger charge is -1.99. The van der Waals surface area contributed by atoms with E-state index in [-0.39, 0.29) is 6.04 Å². The molecule has 0 saturated heterocycles. The van der Waals surface area contributed by atoms with E-state index in [4.69, 9.17) is 10.2 Å². The van der Waals surface area contributed by atoms with E-state index in [1.807, 2.05) is 31.2 Å². The molecular formula is C12H13BrN2O. The standard InChI is InChI=1S/C12H13BrN2O/c1-8(14)6-11-7-15-12(16-11)9-2-4-10(13)5-3-9/h2-5,7-8H,6,14H2,1H3. The molecule has 4 heteroatoms. The molecule has 0 aliphatic rings. The van der Waals surface area contributed by atoms with Crippen LogP contribution in [0.5, 0.6) is 0 Å². The van der Waals surface area contributed by atoms with Gasteiger partial charge >= 0.3 is 0 Å². The highest BCUT2D eigenvalue weighted by Crippen LogP contribution is 2.21. The summed E-state index contributed by atoms with van der Waals surface area (Å²) in [6, 6.07) is 7.94. The average Bonchev–Trinajstić information content (AvgIpc) is 2.66. The van der Waals surface area contributed by atoms with Crippen LogP contribution in [0, 0.1) is 0 Å². The van der Waals surface area contributed by atoms with Crippen molar-refractivity contribution >= 4 is 15.9 Å². The van der Waals surface area contributed by atoms with Crippen LogP contribution in [0.25, 0.3) is 11.5 Å². The highest BCUT2D eigenvalue weighted by molar-refractivity contribution is 9.10. The van der Waals surface area contributed by atoms with E-state index in [2.05, 4.69) is 20.9 Å². The molecule has 2 N–H and O–H groups in total. The van der Waals surface area contributed by atoms with E-state index in [1.165, 1.54) is 0 Å². The minimum absolute atomic E-state index is 0.0886. The van der Waals surface area contributed by atoms with E-state index in [9.17, 15) is 0 Å². The van der Waals surface area contributed by atoms with Gasteiger partial charge in [0.25, 0.3) is 0 Å². The Morgan fingerprint density at radius 1 is 1.38 bits per heavy atom. The summed E-state index contributed by atoms with van der Waals surface area (Å²) in [6.07, 6.45) is 2.45. The first kappa shape index (κ1) is 11.4. The molecule has 0 aliphatic carbocycles. The van der Waals surface area contributed by atoms with Gasteiger partial charge in [-0.05, 0) is 31.2 Å². The first-order valence-electron chi connectivity index (χ1n) is 5.11. The second kappa shape index (κ2) is 4.80. The van der Waals surface area contributed by atoms with Gasteiger partial charge in [-0.2, -0.15) is 0 Å². The fourth-order valence-corrected chi connectivity index (χ4v) is 1.71. The second-order valence-electron chi connectivity index (χ2n) is 3.82. The van der Waals surface area contributed by atoms with Crippen LogP contribution < -0.4 is 5.73 Å². The summed E-state index contributed by atoms with van der Waals surface area (Å²) in [5, 5.41) is 0. The van der Waals surface area contributed by atoms with Gasteiger partial charge in [-0.3, -0.25) is 0 Å². The molecule has 3 nitrogen and oxygen atoms in total. The maximum Gasteiger partial charge on any atom is 0.226 e. The molecule has 84 valence electrons. The Labute approximate surface area is 103 Å². The summed E-state index contributed by atoms with van der Waals surface area (Å²) in [4.78, 5) is 4.23. The van der Waals surface area contributed by atoms with E-state index in [1.54, 1.807) is 6.20 Å². The fourth-order valence-electron chi connectivity index (χ4n) is 1.45. The Morgan fingerprint density at radius 3 is 2.69 bits per heavy atom. The molecule has 1 unspecified atom stereocenters. The number of nitrogens with two attached hydrogens (primary N) is 1. The van der Waals surface area contributed by atoms with Crippen molar-refractivity contribution in [3.8, 4) is 11.5 Å². The van der Waals surface area contributed by atoms with Gasteiger partial charge in [0, 0.05) is 22.5 Å². The molecule has 1 heterocycles. The Balaban J connectivity index is 2.21. The third kappa shape index (κ3) is 2.71. The maximum atomic E-state index is 5.70. The van der Waals surface area contributed by atoms with E-state index in [0.717, 1.165) is 15.8 Å². The lowest BCUT2D eigenvalue weighted by molar-refractivity contribution is 0.500. The topological polar surface area (TPSA) is 52.0 Å². The lowest BCUT2D eigenvalue weighted by atomic mass is 10.2. The van der Waals surface area contributed by atoms with Crippen molar-refractivity contribution in [2.75, 3.05) is 0 Å². The number of halogens is 1. The highest BCUT2D eigenvalue weighted by Gasteiger charge is 2.07. The Bertz CT molecular complexity index is 462. The van der Waals surface area contributed by atoms with Crippen molar-refractivity contribution in [2.24, 2.45) is 5.73 Å². The minimum Gasteiger partial charge on any atom is -0.441 e. The minimum atomic E-state index is 0.0886. The Morgan fingerprint density at radius 2 is 2.06 bits per heavy atom. The molecule has 1 aromatic heterocycles. The predicted molar refractivity (Wildman–Crippen MR) is 67.0 cm³/mol. The summed E-state index contributed by atoms with van der Waals surface area (Å²) in [7, 11) is 0. The molecule has 0 spiro atoms. The molecule has 0 saturated carbocycles. The summed E-state index contributed by atoms with van der Waals surface area (Å²) in [5.41, 5.74) is 6.67. The largest absolute Gasteiger partial charge is 0.441 e. The number of nitrogens with zero attached hydrogens (tertiary/aromatic N) is 1. The Kier molecular flexibility index (Phi) is 3.41. The third-order valence-electron chi connectivity index (χ3n) is 2.17. The van der Waals surface area contributed by atoms with Crippen LogP contribution in [0.15, 0.2) is 39.4 Å². The highest BCUT2D eigenvalue weighted by atomic mass is 79.9. The van der Waals surface area contributed by atoms with Crippen LogP contribution in [0.2, 0.25) is 0 Å². The SMILES string of the molecule is CC(N)Cc1cnc(-c2ccc(Br)cc2)o1. The zero-order chi connectivity index (χ0) is 11.5. The van der Waals surface area contributed by atoms with Gasteiger partial charge < -0.3 is 10.2 Å². The zero-order valence-electron chi connectivity index (χ0n) is 8.98. The number of benzene rings is 1. The molecule has 0 radical (unpaired) electrons. The Hall–Kier alpha value is -1.13. The summed E-state index contributed by atoms with van der Waals surface area (Å²) >= 11 is 3.39. The first-order chi connectivity index (χ1) is 7.65. The lowest BCUT2D eigenvalue weighted by Crippen LogP contribution is -2.17. The van der Waals surface area contributed by atoms with Gasteiger partial charge in [-0.1, -0.05) is 15.9 Å². The molecule has 1 atom stereocenters. The van der Waals surface area contributed by atoms with Crippen LogP contribution in [-0.2, 0) is 6.42 Å². The normalized spacial score (nSPS) is 12.7. The van der Waals surface area contributed by atoms with Gasteiger partial charge in [0.15, 0.2) is 0 Å². The van der Waals surface area contributed by atoms with Gasteiger partial charge in [0.2, 0.25) is 5.89 Å². The van der Waals surface area contributed by atoms with Crippen molar-refractivity contribution in [3.63, 3.8) is 0 Å². The zero-order valence-corrected chi connectivity index (χ0v) is 10.6. The number of hydrogen-bond donors (Lipinski definition) is 1. The average molecular weight is 281 g/mol. The number of rotatable bonds is 3. The van der Waals surface area contributed by atoms with Crippen molar-refractivity contribution in [1.29, 1.82) is 0 Å². The van der Waals surface area contributed by atoms with E-state index in [0.29, 0.717) is 12.3 Å². The molecular weight excluding hydrogens is 268 g/mol. The summed E-state index contributed by atoms with van der Waals surface area (Å²) < 4.78 is 6.65. The number of hydrogen-bond acceptors (Lipinski definition) is 3. The van der Waals surface area contributed by atoms with E-state index < -0.39 is 0 Å². The number of aromatic nitrogens is 1. The van der Waals surface area contributed by atoms with Gasteiger partial charge in [-0.25, -0.2) is 4.98 Å². The fraction of sp³-hybridized carbons (Fsp3) is 0.250. The van der Waals surface area contributed by atoms with Crippen LogP contribution in [-0.4, -0.2) is 11.0 Å².